The highest BCUT2D eigenvalue weighted by Crippen LogP contribution is 2.37. The van der Waals surface area contributed by atoms with Gasteiger partial charge in [-0.2, -0.15) is 0 Å². The number of aromatic hydroxyl groups is 1. The highest BCUT2D eigenvalue weighted by Gasteiger charge is 2.19. The first kappa shape index (κ1) is 15.4. The Kier molecular flexibility index (Phi) is 3.70. The Balaban J connectivity index is 2.14. The molecular formula is C19H10Br2O3. The summed E-state index contributed by atoms with van der Waals surface area (Å²) in [5, 5.41) is 12.7. The molecule has 1 aromatic heterocycles. The van der Waals surface area contributed by atoms with Gasteiger partial charge in [0.2, 0.25) is 11.2 Å². The van der Waals surface area contributed by atoms with E-state index in [-0.39, 0.29) is 11.5 Å². The second kappa shape index (κ2) is 5.76. The van der Waals surface area contributed by atoms with E-state index in [1.165, 1.54) is 0 Å². The molecule has 0 radical (unpaired) electrons. The minimum absolute atomic E-state index is 0.175. The zero-order chi connectivity index (χ0) is 16.8. The molecule has 0 spiro atoms. The van der Waals surface area contributed by atoms with E-state index >= 15 is 0 Å². The van der Waals surface area contributed by atoms with Gasteiger partial charge in [-0.25, -0.2) is 0 Å². The predicted octanol–water partition coefficient (Wildman–Crippen LogP) is 5.84. The summed E-state index contributed by atoms with van der Waals surface area (Å²) < 4.78 is 7.27. The Bertz CT molecular complexity index is 1160. The van der Waals surface area contributed by atoms with Gasteiger partial charge in [0.15, 0.2) is 5.76 Å². The monoisotopic (exact) mass is 444 g/mol. The van der Waals surface area contributed by atoms with Crippen LogP contribution in [-0.2, 0) is 0 Å². The first-order chi connectivity index (χ1) is 11.6. The molecule has 1 N–H and O–H groups in total. The van der Waals surface area contributed by atoms with E-state index in [4.69, 9.17) is 4.42 Å². The maximum absolute atomic E-state index is 12.6. The second-order valence-electron chi connectivity index (χ2n) is 5.40. The lowest BCUT2D eigenvalue weighted by atomic mass is 10.0. The topological polar surface area (TPSA) is 50.4 Å². The maximum Gasteiger partial charge on any atom is 0.236 e. The molecular weight excluding hydrogens is 436 g/mol. The minimum Gasteiger partial charge on any atom is -0.502 e. The zero-order valence-electron chi connectivity index (χ0n) is 12.2. The van der Waals surface area contributed by atoms with Crippen LogP contribution in [0, 0.1) is 0 Å². The third-order valence-corrected chi connectivity index (χ3v) is 5.01. The molecule has 0 saturated heterocycles. The van der Waals surface area contributed by atoms with Crippen LogP contribution in [0.15, 0.2) is 72.8 Å². The van der Waals surface area contributed by atoms with Gasteiger partial charge in [-0.1, -0.05) is 58.4 Å². The summed E-state index contributed by atoms with van der Waals surface area (Å²) in [5.74, 6) is -0.212. The van der Waals surface area contributed by atoms with Gasteiger partial charge in [0.1, 0.15) is 5.58 Å². The van der Waals surface area contributed by atoms with Crippen molar-refractivity contribution in [1.29, 1.82) is 0 Å². The van der Waals surface area contributed by atoms with E-state index in [1.54, 1.807) is 12.1 Å². The fraction of sp³-hybridized carbons (Fsp3) is 0. The van der Waals surface area contributed by atoms with Crippen molar-refractivity contribution in [3.05, 3.63) is 73.8 Å². The van der Waals surface area contributed by atoms with Gasteiger partial charge in [-0.15, -0.1) is 0 Å². The summed E-state index contributed by atoms with van der Waals surface area (Å²) in [5.41, 5.74) is 0.626. The molecule has 1 heterocycles. The van der Waals surface area contributed by atoms with E-state index in [1.807, 2.05) is 42.5 Å². The van der Waals surface area contributed by atoms with E-state index in [0.717, 1.165) is 15.2 Å². The molecule has 0 saturated carbocycles. The third-order valence-electron chi connectivity index (χ3n) is 3.92. The standard InChI is InChI=1S/C19H10Br2O3/c20-11-8-14(21)16-15(9-11)24-19(18(23)17(16)22)13-7-3-5-10-4-1-2-6-12(10)13/h1-9,23H. The lowest BCUT2D eigenvalue weighted by molar-refractivity contribution is 0.449. The quantitative estimate of drug-likeness (QED) is 0.400. The van der Waals surface area contributed by atoms with Gasteiger partial charge in [0, 0.05) is 14.5 Å². The summed E-state index contributed by atoms with van der Waals surface area (Å²) in [6.45, 7) is 0. The third kappa shape index (κ3) is 2.36. The Labute approximate surface area is 153 Å². The fourth-order valence-electron chi connectivity index (χ4n) is 2.84. The molecule has 24 heavy (non-hydrogen) atoms. The van der Waals surface area contributed by atoms with E-state index in [9.17, 15) is 9.90 Å². The first-order valence-corrected chi connectivity index (χ1v) is 8.78. The molecule has 0 aliphatic rings. The van der Waals surface area contributed by atoms with Crippen LogP contribution >= 0.6 is 31.9 Å². The summed E-state index contributed by atoms with van der Waals surface area (Å²) in [6, 6.07) is 16.9. The molecule has 4 rings (SSSR count). The van der Waals surface area contributed by atoms with Gasteiger partial charge in [0.25, 0.3) is 0 Å². The molecule has 0 amide bonds. The van der Waals surface area contributed by atoms with Crippen LogP contribution in [0.4, 0.5) is 0 Å². The van der Waals surface area contributed by atoms with Crippen LogP contribution in [0.2, 0.25) is 0 Å². The van der Waals surface area contributed by atoms with Crippen LogP contribution < -0.4 is 5.43 Å². The van der Waals surface area contributed by atoms with Crippen molar-refractivity contribution in [2.45, 2.75) is 0 Å². The van der Waals surface area contributed by atoms with Gasteiger partial charge < -0.3 is 9.52 Å². The van der Waals surface area contributed by atoms with Gasteiger partial charge in [-0.3, -0.25) is 4.79 Å². The number of hydrogen-bond acceptors (Lipinski definition) is 3. The predicted molar refractivity (Wildman–Crippen MR) is 102 cm³/mol. The van der Waals surface area contributed by atoms with Gasteiger partial charge >= 0.3 is 0 Å². The molecule has 0 fully saturated rings. The zero-order valence-corrected chi connectivity index (χ0v) is 15.4. The summed E-state index contributed by atoms with van der Waals surface area (Å²) in [4.78, 5) is 12.6. The number of rotatable bonds is 1. The molecule has 3 aromatic carbocycles. The smallest absolute Gasteiger partial charge is 0.236 e. The van der Waals surface area contributed by atoms with Crippen LogP contribution in [0.1, 0.15) is 0 Å². The number of hydrogen-bond donors (Lipinski definition) is 1. The van der Waals surface area contributed by atoms with E-state index in [2.05, 4.69) is 31.9 Å². The Morgan fingerprint density at radius 2 is 1.71 bits per heavy atom. The maximum atomic E-state index is 12.6. The highest BCUT2D eigenvalue weighted by molar-refractivity contribution is 9.11. The molecule has 0 aliphatic heterocycles. The lowest BCUT2D eigenvalue weighted by Crippen LogP contribution is -2.03. The molecule has 0 unspecified atom stereocenters. The summed E-state index contributed by atoms with van der Waals surface area (Å²) in [7, 11) is 0. The molecule has 3 nitrogen and oxygen atoms in total. The van der Waals surface area contributed by atoms with Crippen molar-refractivity contribution in [2.24, 2.45) is 0 Å². The Morgan fingerprint density at radius 3 is 2.54 bits per heavy atom. The normalized spacial score (nSPS) is 11.2. The van der Waals surface area contributed by atoms with E-state index < -0.39 is 5.43 Å². The summed E-state index contributed by atoms with van der Waals surface area (Å²) in [6.07, 6.45) is 0. The van der Waals surface area contributed by atoms with Crippen molar-refractivity contribution in [3.8, 4) is 17.1 Å². The second-order valence-corrected chi connectivity index (χ2v) is 7.17. The number of fused-ring (bicyclic) bond motifs is 2. The van der Waals surface area contributed by atoms with Crippen molar-refractivity contribution >= 4 is 53.6 Å². The van der Waals surface area contributed by atoms with E-state index in [0.29, 0.717) is 21.0 Å². The Hall–Kier alpha value is -2.11. The first-order valence-electron chi connectivity index (χ1n) is 7.19. The van der Waals surface area contributed by atoms with Crippen molar-refractivity contribution in [3.63, 3.8) is 0 Å². The molecule has 4 aromatic rings. The van der Waals surface area contributed by atoms with Crippen molar-refractivity contribution < 1.29 is 9.52 Å². The average Bonchev–Trinajstić information content (AvgIpc) is 2.57. The molecule has 0 bridgehead atoms. The summed E-state index contributed by atoms with van der Waals surface area (Å²) >= 11 is 6.74. The van der Waals surface area contributed by atoms with Crippen LogP contribution in [0.3, 0.4) is 0 Å². The van der Waals surface area contributed by atoms with Crippen LogP contribution in [0.25, 0.3) is 33.1 Å². The van der Waals surface area contributed by atoms with Gasteiger partial charge in [0.05, 0.1) is 5.39 Å². The highest BCUT2D eigenvalue weighted by atomic mass is 79.9. The molecule has 0 aliphatic carbocycles. The number of halogens is 2. The Morgan fingerprint density at radius 1 is 0.958 bits per heavy atom. The fourth-order valence-corrected chi connectivity index (χ4v) is 4.20. The minimum atomic E-state index is -0.460. The molecule has 5 heteroatoms. The largest absolute Gasteiger partial charge is 0.502 e. The average molecular weight is 446 g/mol. The SMILES string of the molecule is O=c1c(O)c(-c2cccc3ccccc23)oc2cc(Br)cc(Br)c12. The molecule has 118 valence electrons. The van der Waals surface area contributed by atoms with Crippen molar-refractivity contribution in [1.82, 2.24) is 0 Å². The number of benzene rings is 3. The van der Waals surface area contributed by atoms with Gasteiger partial charge in [-0.05, 0) is 38.8 Å². The van der Waals surface area contributed by atoms with Crippen LogP contribution in [0.5, 0.6) is 5.75 Å². The molecule has 0 atom stereocenters. The lowest BCUT2D eigenvalue weighted by Gasteiger charge is -2.10. The van der Waals surface area contributed by atoms with Crippen molar-refractivity contribution in [2.75, 3.05) is 0 Å². The van der Waals surface area contributed by atoms with Crippen LogP contribution in [-0.4, -0.2) is 5.11 Å².